The lowest BCUT2D eigenvalue weighted by molar-refractivity contribution is -0.161. The fourth-order valence-electron chi connectivity index (χ4n) is 4.93. The Morgan fingerprint density at radius 1 is 0.578 bits per heavy atom. The van der Waals surface area contributed by atoms with E-state index in [9.17, 15) is 24.2 Å². The predicted octanol–water partition coefficient (Wildman–Crippen LogP) is 8.33. The van der Waals surface area contributed by atoms with E-state index in [1.165, 1.54) is 89.9 Å². The molecule has 0 aromatic rings. The first-order valence-corrected chi connectivity index (χ1v) is 19.5. The Balaban J connectivity index is 4.37. The molecule has 0 aromatic heterocycles. The molecule has 0 saturated heterocycles. The van der Waals surface area contributed by atoms with Crippen LogP contribution in [0.2, 0.25) is 0 Å². The summed E-state index contributed by atoms with van der Waals surface area (Å²) in [5, 5.41) is 18.2. The quantitative estimate of drug-likeness (QED) is 0.0348. The maximum absolute atomic E-state index is 12.5. The third kappa shape index (κ3) is 31.3. The summed E-state index contributed by atoms with van der Waals surface area (Å²) in [4.78, 5) is 34.6. The molecule has 0 bridgehead atoms. The van der Waals surface area contributed by atoms with Crippen molar-refractivity contribution < 1.29 is 47.8 Å². The van der Waals surface area contributed by atoms with Gasteiger partial charge in [-0.15, -0.1) is 0 Å². The molecular formula is C34H67O10P. The molecule has 268 valence electrons. The van der Waals surface area contributed by atoms with Gasteiger partial charge in [0.05, 0.1) is 19.8 Å². The lowest BCUT2D eigenvalue weighted by Gasteiger charge is -2.20. The van der Waals surface area contributed by atoms with Crippen LogP contribution in [0.1, 0.15) is 168 Å². The number of aliphatic hydroxyl groups excluding tert-OH is 2. The molecule has 0 spiro atoms. The second kappa shape index (κ2) is 31.6. The summed E-state index contributed by atoms with van der Waals surface area (Å²) in [6.45, 7) is 2.35. The van der Waals surface area contributed by atoms with Crippen LogP contribution in [-0.4, -0.2) is 65.7 Å². The topological polar surface area (TPSA) is 149 Å². The molecule has 0 radical (unpaired) electrons. The molecule has 0 aliphatic rings. The molecule has 0 rings (SSSR count). The van der Waals surface area contributed by atoms with E-state index < -0.39 is 51.8 Å². The normalized spacial score (nSPS) is 14.2. The Hall–Kier alpha value is -1.03. The lowest BCUT2D eigenvalue weighted by atomic mass is 10.0. The van der Waals surface area contributed by atoms with Gasteiger partial charge in [-0.25, -0.2) is 4.57 Å². The first-order chi connectivity index (χ1) is 21.7. The highest BCUT2D eigenvalue weighted by molar-refractivity contribution is 7.47. The zero-order valence-electron chi connectivity index (χ0n) is 28.6. The minimum Gasteiger partial charge on any atom is -0.462 e. The molecule has 0 aliphatic carbocycles. The second-order valence-electron chi connectivity index (χ2n) is 12.3. The van der Waals surface area contributed by atoms with Gasteiger partial charge >= 0.3 is 19.8 Å². The summed E-state index contributed by atoms with van der Waals surface area (Å²) in [6, 6.07) is 0. The van der Waals surface area contributed by atoms with Gasteiger partial charge in [0.2, 0.25) is 0 Å². The summed E-state index contributed by atoms with van der Waals surface area (Å²) in [6.07, 6.45) is 23.7. The Labute approximate surface area is 273 Å². The fourth-order valence-corrected chi connectivity index (χ4v) is 5.72. The Morgan fingerprint density at radius 3 is 1.38 bits per heavy atom. The molecule has 3 atom stereocenters. The van der Waals surface area contributed by atoms with E-state index in [2.05, 4.69) is 18.4 Å². The van der Waals surface area contributed by atoms with E-state index in [4.69, 9.17) is 19.1 Å². The number of rotatable bonds is 34. The molecule has 0 aliphatic heterocycles. The summed E-state index contributed by atoms with van der Waals surface area (Å²) in [5.41, 5.74) is 0. The molecular weight excluding hydrogens is 599 g/mol. The highest BCUT2D eigenvalue weighted by Crippen LogP contribution is 2.43. The summed E-state index contributed by atoms with van der Waals surface area (Å²) in [5.74, 6) is -0.920. The van der Waals surface area contributed by atoms with Crippen molar-refractivity contribution in [2.24, 2.45) is 0 Å². The van der Waals surface area contributed by atoms with Crippen LogP contribution >= 0.6 is 7.82 Å². The van der Waals surface area contributed by atoms with Crippen LogP contribution in [0, 0.1) is 0 Å². The highest BCUT2D eigenvalue weighted by Gasteiger charge is 2.27. The van der Waals surface area contributed by atoms with Gasteiger partial charge in [0.25, 0.3) is 0 Å². The third-order valence-corrected chi connectivity index (χ3v) is 8.71. The van der Waals surface area contributed by atoms with Crippen molar-refractivity contribution >= 4 is 19.8 Å². The smallest absolute Gasteiger partial charge is 0.462 e. The number of phosphoric ester groups is 1. The van der Waals surface area contributed by atoms with Crippen molar-refractivity contribution in [3.05, 3.63) is 0 Å². The largest absolute Gasteiger partial charge is 0.472 e. The van der Waals surface area contributed by atoms with E-state index in [1.54, 1.807) is 0 Å². The Morgan fingerprint density at radius 2 is 0.956 bits per heavy atom. The van der Waals surface area contributed by atoms with Gasteiger partial charge in [0, 0.05) is 12.8 Å². The van der Waals surface area contributed by atoms with Crippen LogP contribution in [0.5, 0.6) is 0 Å². The van der Waals surface area contributed by atoms with Crippen molar-refractivity contribution in [1.82, 2.24) is 0 Å². The maximum atomic E-state index is 12.5. The van der Waals surface area contributed by atoms with Gasteiger partial charge in [-0.1, -0.05) is 142 Å². The van der Waals surface area contributed by atoms with E-state index in [-0.39, 0.29) is 19.4 Å². The first-order valence-electron chi connectivity index (χ1n) is 18.0. The van der Waals surface area contributed by atoms with Gasteiger partial charge < -0.3 is 24.6 Å². The summed E-state index contributed by atoms with van der Waals surface area (Å²) in [7, 11) is -4.60. The third-order valence-electron chi connectivity index (χ3n) is 7.76. The molecule has 11 heteroatoms. The minimum atomic E-state index is -4.60. The van der Waals surface area contributed by atoms with E-state index in [1.807, 2.05) is 0 Å². The number of carbonyl (C=O) groups is 2. The molecule has 0 fully saturated rings. The maximum Gasteiger partial charge on any atom is 0.472 e. The van der Waals surface area contributed by atoms with E-state index in [0.717, 1.165) is 38.5 Å². The predicted molar refractivity (Wildman–Crippen MR) is 178 cm³/mol. The molecule has 45 heavy (non-hydrogen) atoms. The number of phosphoric acid groups is 1. The molecule has 1 unspecified atom stereocenters. The van der Waals surface area contributed by atoms with Gasteiger partial charge in [0.1, 0.15) is 12.7 Å². The monoisotopic (exact) mass is 666 g/mol. The number of aliphatic hydroxyl groups is 2. The number of esters is 2. The minimum absolute atomic E-state index is 0.191. The van der Waals surface area contributed by atoms with Crippen molar-refractivity contribution in [1.29, 1.82) is 0 Å². The molecule has 0 saturated carbocycles. The van der Waals surface area contributed by atoms with Crippen LogP contribution in [0.3, 0.4) is 0 Å². The number of hydrogen-bond acceptors (Lipinski definition) is 9. The van der Waals surface area contributed by atoms with Crippen LogP contribution < -0.4 is 0 Å². The molecule has 0 aromatic carbocycles. The van der Waals surface area contributed by atoms with Gasteiger partial charge in [-0.3, -0.25) is 18.6 Å². The average Bonchev–Trinajstić information content (AvgIpc) is 3.02. The number of unbranched alkanes of at least 4 members (excludes halogenated alkanes) is 20. The Bertz CT molecular complexity index is 736. The standard InChI is InChI=1S/C34H67O10P/c1-3-5-7-9-11-13-14-15-16-18-20-22-24-26-34(38)44-32(30-43-45(39,40)42-28-31(36)27-35)29-41-33(37)25-23-21-19-17-12-10-8-6-4-2/h31-32,35-36H,3-30H2,1-2H3,(H,39,40)/t31-,32+/m1/s1. The van der Waals surface area contributed by atoms with Gasteiger partial charge in [-0.05, 0) is 12.8 Å². The van der Waals surface area contributed by atoms with Gasteiger partial charge in [-0.2, -0.15) is 0 Å². The zero-order valence-corrected chi connectivity index (χ0v) is 29.5. The SMILES string of the molecule is CCCCCCCCCCCCCCCC(=O)O[C@@H](COC(=O)CCCCCCCCCCC)COP(=O)(O)OC[C@H](O)CO. The fraction of sp³-hybridized carbons (Fsp3) is 0.941. The van der Waals surface area contributed by atoms with Crippen molar-refractivity contribution in [2.45, 2.75) is 180 Å². The number of carbonyl (C=O) groups excluding carboxylic acids is 2. The molecule has 10 nitrogen and oxygen atoms in total. The van der Waals surface area contributed by atoms with Crippen molar-refractivity contribution in [3.8, 4) is 0 Å². The van der Waals surface area contributed by atoms with E-state index >= 15 is 0 Å². The van der Waals surface area contributed by atoms with Crippen LogP contribution in [-0.2, 0) is 32.7 Å². The molecule has 0 heterocycles. The van der Waals surface area contributed by atoms with Crippen LogP contribution in [0.15, 0.2) is 0 Å². The summed E-state index contributed by atoms with van der Waals surface area (Å²) >= 11 is 0. The zero-order chi connectivity index (χ0) is 33.4. The van der Waals surface area contributed by atoms with Crippen molar-refractivity contribution in [2.75, 3.05) is 26.4 Å². The Kier molecular flexibility index (Phi) is 30.8. The summed E-state index contributed by atoms with van der Waals surface area (Å²) < 4.78 is 32.5. The second-order valence-corrected chi connectivity index (χ2v) is 13.7. The van der Waals surface area contributed by atoms with E-state index in [0.29, 0.717) is 12.8 Å². The molecule has 0 amide bonds. The number of hydrogen-bond donors (Lipinski definition) is 3. The highest BCUT2D eigenvalue weighted by atomic mass is 31.2. The average molecular weight is 667 g/mol. The van der Waals surface area contributed by atoms with Crippen LogP contribution in [0.25, 0.3) is 0 Å². The molecule has 3 N–H and O–H groups in total. The van der Waals surface area contributed by atoms with Gasteiger partial charge in [0.15, 0.2) is 6.10 Å². The first kappa shape index (κ1) is 44.0. The van der Waals surface area contributed by atoms with Crippen molar-refractivity contribution in [3.63, 3.8) is 0 Å². The lowest BCUT2D eigenvalue weighted by Crippen LogP contribution is -2.29. The van der Waals surface area contributed by atoms with Crippen LogP contribution in [0.4, 0.5) is 0 Å². The number of ether oxygens (including phenoxy) is 2.